The van der Waals surface area contributed by atoms with Gasteiger partial charge in [0.05, 0.1) is 5.56 Å². The van der Waals surface area contributed by atoms with Crippen LogP contribution in [-0.2, 0) is 0 Å². The van der Waals surface area contributed by atoms with Gasteiger partial charge in [-0.25, -0.2) is 9.97 Å². The summed E-state index contributed by atoms with van der Waals surface area (Å²) in [5.74, 6) is 0.0807. The van der Waals surface area contributed by atoms with Crippen LogP contribution >= 0.6 is 0 Å². The van der Waals surface area contributed by atoms with Crippen molar-refractivity contribution in [3.63, 3.8) is 0 Å². The summed E-state index contributed by atoms with van der Waals surface area (Å²) in [6, 6.07) is 31.0. The predicted molar refractivity (Wildman–Crippen MR) is 148 cm³/mol. The minimum Gasteiger partial charge on any atom is -0.455 e. The van der Waals surface area contributed by atoms with Crippen LogP contribution in [0.15, 0.2) is 95.4 Å². The molecule has 0 saturated heterocycles. The lowest BCUT2D eigenvalue weighted by Gasteiger charge is -2.11. The molecule has 0 amide bonds. The molecular weight excluding hydrogens is 442 g/mol. The van der Waals surface area contributed by atoms with E-state index in [1.807, 2.05) is 51.1 Å². The molecule has 4 heteroatoms. The van der Waals surface area contributed by atoms with E-state index in [2.05, 4.69) is 65.2 Å². The Labute approximate surface area is 210 Å². The zero-order valence-corrected chi connectivity index (χ0v) is 20.4. The second kappa shape index (κ2) is 7.79. The molecule has 3 aromatic heterocycles. The van der Waals surface area contributed by atoms with Gasteiger partial charge in [-0.05, 0) is 42.6 Å². The quantitative estimate of drug-likeness (QED) is 0.261. The molecule has 3 heterocycles. The van der Waals surface area contributed by atoms with Crippen molar-refractivity contribution in [2.45, 2.75) is 26.7 Å². The fraction of sp³-hybridized carbons (Fsp3) is 0.125. The molecule has 0 unspecified atom stereocenters. The lowest BCUT2D eigenvalue weighted by atomic mass is 10.0. The molecule has 0 aliphatic rings. The van der Waals surface area contributed by atoms with Gasteiger partial charge >= 0.3 is 0 Å². The lowest BCUT2D eigenvalue weighted by Crippen LogP contribution is -1.98. The first kappa shape index (κ1) is 19.8. The minimum absolute atomic E-state index is 0.706. The molecule has 0 spiro atoms. The van der Waals surface area contributed by atoms with Crippen molar-refractivity contribution in [3.8, 4) is 17.1 Å². The second-order valence-corrected chi connectivity index (χ2v) is 9.52. The molecule has 0 N–H and O–H groups in total. The molecule has 0 radical (unpaired) electrons. The Bertz CT molecular complexity index is 1980. The van der Waals surface area contributed by atoms with E-state index in [0.29, 0.717) is 5.65 Å². The third-order valence-electron chi connectivity index (χ3n) is 7.04. The first-order chi connectivity index (χ1) is 17.9. The summed E-state index contributed by atoms with van der Waals surface area (Å²) in [7, 11) is 0. The number of pyridine rings is 1. The summed E-state index contributed by atoms with van der Waals surface area (Å²) in [5, 5.41) is 4.30. The number of aromatic nitrogens is 3. The predicted octanol–water partition coefficient (Wildman–Crippen LogP) is 8.57. The number of aryl methyl sites for hydroxylation is 1. The van der Waals surface area contributed by atoms with Crippen molar-refractivity contribution < 1.29 is 5.79 Å². The van der Waals surface area contributed by atoms with Crippen molar-refractivity contribution in [2.24, 2.45) is 0 Å². The maximum Gasteiger partial charge on any atom is 0.179 e. The van der Waals surface area contributed by atoms with Gasteiger partial charge in [-0.15, -0.1) is 0 Å². The average molecular weight is 469 g/mol. The van der Waals surface area contributed by atoms with Gasteiger partial charge in [0, 0.05) is 34.3 Å². The number of fused-ring (bicyclic) bond motifs is 6. The highest BCUT2D eigenvalue weighted by Crippen LogP contribution is 2.39. The monoisotopic (exact) mass is 468 g/mol. The van der Waals surface area contributed by atoms with Crippen molar-refractivity contribution in [2.75, 3.05) is 0 Å². The zero-order valence-electron chi connectivity index (χ0n) is 21.4. The third-order valence-corrected chi connectivity index (χ3v) is 7.04. The first-order valence-electron chi connectivity index (χ1n) is 12.7. The fourth-order valence-corrected chi connectivity index (χ4v) is 5.25. The normalized spacial score (nSPS) is 12.7. The van der Waals surface area contributed by atoms with Crippen LogP contribution in [0.5, 0.6) is 0 Å². The van der Waals surface area contributed by atoms with Crippen LogP contribution in [0.2, 0.25) is 0 Å². The molecule has 174 valence electrons. The van der Waals surface area contributed by atoms with Gasteiger partial charge in [0.2, 0.25) is 0 Å². The molecule has 4 aromatic carbocycles. The number of rotatable bonds is 3. The van der Waals surface area contributed by atoms with Crippen molar-refractivity contribution in [1.29, 1.82) is 0 Å². The highest BCUT2D eigenvalue weighted by Gasteiger charge is 2.22. The molecule has 0 aliphatic heterocycles. The molecule has 0 aliphatic carbocycles. The van der Waals surface area contributed by atoms with Crippen LogP contribution in [-0.4, -0.2) is 14.5 Å². The molecule has 0 fully saturated rings. The smallest absolute Gasteiger partial charge is 0.179 e. The summed E-state index contributed by atoms with van der Waals surface area (Å²) in [4.78, 5) is 10.0. The van der Waals surface area contributed by atoms with E-state index in [0.717, 1.165) is 66.6 Å². The van der Waals surface area contributed by atoms with E-state index in [-0.39, 0.29) is 0 Å². The highest BCUT2D eigenvalue weighted by molar-refractivity contribution is 6.11. The van der Waals surface area contributed by atoms with Crippen LogP contribution in [0.3, 0.4) is 0 Å². The summed E-state index contributed by atoms with van der Waals surface area (Å²) in [6.45, 7) is 5.82. The van der Waals surface area contributed by atoms with E-state index in [1.165, 1.54) is 0 Å². The Morgan fingerprint density at radius 2 is 1.53 bits per heavy atom. The summed E-state index contributed by atoms with van der Waals surface area (Å²) < 4.78 is 17.2. The Hall–Kier alpha value is -4.44. The number of imidazole rings is 1. The van der Waals surface area contributed by atoms with Gasteiger partial charge in [-0.1, -0.05) is 80.6 Å². The van der Waals surface area contributed by atoms with Gasteiger partial charge in [0.15, 0.2) is 11.5 Å². The number of furan rings is 1. The van der Waals surface area contributed by atoms with Crippen molar-refractivity contribution in [3.05, 3.63) is 102 Å². The second-order valence-electron chi connectivity index (χ2n) is 9.52. The topological polar surface area (TPSA) is 43.9 Å². The molecule has 7 rings (SSSR count). The van der Waals surface area contributed by atoms with E-state index in [9.17, 15) is 0 Å². The summed E-state index contributed by atoms with van der Waals surface area (Å²) >= 11 is 0. The molecule has 36 heavy (non-hydrogen) atoms. The molecule has 7 aromatic rings. The Kier molecular flexibility index (Phi) is 4.29. The maximum absolute atomic E-state index is 8.47. The van der Waals surface area contributed by atoms with E-state index < -0.39 is 5.89 Å². The van der Waals surface area contributed by atoms with E-state index in [4.69, 9.17) is 15.8 Å². The molecule has 4 nitrogen and oxygen atoms in total. The lowest BCUT2D eigenvalue weighted by molar-refractivity contribution is 0.667. The van der Waals surface area contributed by atoms with E-state index >= 15 is 0 Å². The SMILES string of the molecule is [2H]C(C)(C)c1ccc2c(c1)oc1c(-c3nc4nc(C)c5ccccc5c4n3-c3ccccc3)cccc12. The van der Waals surface area contributed by atoms with Crippen LogP contribution in [0.1, 0.15) is 32.4 Å². The maximum atomic E-state index is 8.47. The zero-order chi connectivity index (χ0) is 25.3. The third kappa shape index (κ3) is 3.01. The Balaban J connectivity index is 1.60. The number of nitrogens with zero attached hydrogens (tertiary/aromatic N) is 3. The van der Waals surface area contributed by atoms with Crippen LogP contribution in [0, 0.1) is 6.92 Å². The van der Waals surface area contributed by atoms with Crippen molar-refractivity contribution in [1.82, 2.24) is 14.5 Å². The van der Waals surface area contributed by atoms with Gasteiger partial charge in [0.1, 0.15) is 16.7 Å². The summed E-state index contributed by atoms with van der Waals surface area (Å²) in [5.41, 5.74) is 7.05. The van der Waals surface area contributed by atoms with Gasteiger partial charge in [-0.3, -0.25) is 4.57 Å². The number of hydrogen-bond donors (Lipinski definition) is 0. The number of benzene rings is 4. The molecular formula is C32H25N3O. The Morgan fingerprint density at radius 3 is 2.33 bits per heavy atom. The Morgan fingerprint density at radius 1 is 0.778 bits per heavy atom. The average Bonchev–Trinajstić information content (AvgIpc) is 3.47. The number of para-hydroxylation sites is 2. The van der Waals surface area contributed by atoms with Crippen LogP contribution < -0.4 is 0 Å². The van der Waals surface area contributed by atoms with E-state index in [1.54, 1.807) is 0 Å². The standard InChI is InChI=1S/C32H25N3O/c1-19(2)21-16-17-24-26-14-9-15-27(30(26)36-28(24)18-21)32-34-31-29(35(32)22-10-5-4-6-11-22)25-13-8-7-12-23(25)20(3)33-31/h4-19H,1-3H3/i19D. The van der Waals surface area contributed by atoms with Gasteiger partial charge < -0.3 is 4.42 Å². The van der Waals surface area contributed by atoms with Crippen molar-refractivity contribution >= 4 is 43.9 Å². The molecule has 0 bridgehead atoms. The largest absolute Gasteiger partial charge is 0.455 e. The molecule has 0 atom stereocenters. The van der Waals surface area contributed by atoms with Crippen LogP contribution in [0.4, 0.5) is 0 Å². The fourth-order valence-electron chi connectivity index (χ4n) is 5.25. The highest BCUT2D eigenvalue weighted by atomic mass is 16.3. The summed E-state index contributed by atoms with van der Waals surface area (Å²) in [6.07, 6.45) is 0. The van der Waals surface area contributed by atoms with Gasteiger partial charge in [0.25, 0.3) is 0 Å². The minimum atomic E-state index is -0.706. The first-order valence-corrected chi connectivity index (χ1v) is 12.2. The van der Waals surface area contributed by atoms with Gasteiger partial charge in [-0.2, -0.15) is 0 Å². The number of hydrogen-bond acceptors (Lipinski definition) is 3. The molecule has 0 saturated carbocycles. The van der Waals surface area contributed by atoms with Crippen LogP contribution in [0.25, 0.3) is 61.0 Å².